The lowest BCUT2D eigenvalue weighted by Crippen LogP contribution is -3.28. The van der Waals surface area contributed by atoms with E-state index in [1.807, 2.05) is 32.0 Å². The van der Waals surface area contributed by atoms with Crippen molar-refractivity contribution in [2.45, 2.75) is 20.4 Å². The second-order valence-corrected chi connectivity index (χ2v) is 8.02. The minimum absolute atomic E-state index is 0.0183. The van der Waals surface area contributed by atoms with Gasteiger partial charge in [0, 0.05) is 17.8 Å². The lowest BCUT2D eigenvalue weighted by atomic mass is 10.1. The van der Waals surface area contributed by atoms with E-state index >= 15 is 0 Å². The van der Waals surface area contributed by atoms with Crippen molar-refractivity contribution in [2.75, 3.05) is 44.6 Å². The van der Waals surface area contributed by atoms with Crippen LogP contribution in [0.25, 0.3) is 0 Å². The number of benzene rings is 2. The lowest BCUT2D eigenvalue weighted by Gasteiger charge is -2.29. The largest absolute Gasteiger partial charge is 0.347 e. The van der Waals surface area contributed by atoms with Crippen LogP contribution in [0, 0.1) is 19.7 Å². The Morgan fingerprint density at radius 3 is 2.20 bits per heavy atom. The molecule has 0 bridgehead atoms. The quantitative estimate of drug-likeness (QED) is 0.493. The number of rotatable bonds is 7. The molecular formula is C23H31FN4O2+2. The topological polar surface area (TPSA) is 67.1 Å². The van der Waals surface area contributed by atoms with Gasteiger partial charge < -0.3 is 20.4 Å². The molecule has 1 fully saturated rings. The second kappa shape index (κ2) is 10.3. The number of piperazine rings is 1. The molecule has 1 aliphatic heterocycles. The number of halogens is 1. The minimum atomic E-state index is -0.304. The van der Waals surface area contributed by atoms with Crippen molar-refractivity contribution in [1.82, 2.24) is 5.32 Å². The third-order valence-electron chi connectivity index (χ3n) is 5.80. The van der Waals surface area contributed by atoms with Gasteiger partial charge in [0.15, 0.2) is 13.1 Å². The van der Waals surface area contributed by atoms with Crippen molar-refractivity contribution in [1.29, 1.82) is 0 Å². The van der Waals surface area contributed by atoms with Crippen LogP contribution in [-0.2, 0) is 16.1 Å². The molecule has 2 aromatic rings. The first kappa shape index (κ1) is 21.9. The van der Waals surface area contributed by atoms with Gasteiger partial charge in [0.1, 0.15) is 32.0 Å². The summed E-state index contributed by atoms with van der Waals surface area (Å²) in [5.74, 6) is -0.365. The van der Waals surface area contributed by atoms with Crippen LogP contribution >= 0.6 is 0 Å². The molecule has 160 valence electrons. The number of anilines is 1. The fourth-order valence-electron chi connectivity index (χ4n) is 3.74. The zero-order valence-corrected chi connectivity index (χ0v) is 17.7. The van der Waals surface area contributed by atoms with Crippen LogP contribution in [0.1, 0.15) is 16.7 Å². The summed E-state index contributed by atoms with van der Waals surface area (Å²) in [5, 5.41) is 5.81. The lowest BCUT2D eigenvalue weighted by molar-refractivity contribution is -1.00. The molecule has 30 heavy (non-hydrogen) atoms. The highest BCUT2D eigenvalue weighted by molar-refractivity contribution is 5.92. The van der Waals surface area contributed by atoms with Crippen LogP contribution in [0.2, 0.25) is 0 Å². The fraction of sp³-hybridized carbons (Fsp3) is 0.391. The predicted molar refractivity (Wildman–Crippen MR) is 114 cm³/mol. The number of hydrogen-bond donors (Lipinski definition) is 4. The maximum absolute atomic E-state index is 13.6. The zero-order chi connectivity index (χ0) is 21.5. The van der Waals surface area contributed by atoms with Crippen LogP contribution in [0.4, 0.5) is 10.1 Å². The number of carbonyl (C=O) groups excluding carboxylic acids is 2. The van der Waals surface area contributed by atoms with Gasteiger partial charge in [-0.3, -0.25) is 9.59 Å². The van der Waals surface area contributed by atoms with E-state index in [4.69, 9.17) is 0 Å². The Morgan fingerprint density at radius 2 is 1.53 bits per heavy atom. The van der Waals surface area contributed by atoms with Crippen LogP contribution in [0.3, 0.4) is 0 Å². The molecule has 2 amide bonds. The first-order valence-electron chi connectivity index (χ1n) is 10.5. The molecule has 0 aliphatic carbocycles. The van der Waals surface area contributed by atoms with Crippen LogP contribution in [0.15, 0.2) is 42.5 Å². The monoisotopic (exact) mass is 414 g/mol. The summed E-state index contributed by atoms with van der Waals surface area (Å²) in [4.78, 5) is 27.0. The van der Waals surface area contributed by atoms with Crippen molar-refractivity contribution in [3.63, 3.8) is 0 Å². The molecule has 0 atom stereocenters. The molecule has 0 radical (unpaired) electrons. The average molecular weight is 415 g/mol. The Labute approximate surface area is 177 Å². The number of hydrogen-bond acceptors (Lipinski definition) is 2. The van der Waals surface area contributed by atoms with Gasteiger partial charge in [-0.15, -0.1) is 0 Å². The van der Waals surface area contributed by atoms with Crippen molar-refractivity contribution in [3.05, 3.63) is 65.0 Å². The van der Waals surface area contributed by atoms with E-state index in [1.165, 1.54) is 15.9 Å². The highest BCUT2D eigenvalue weighted by Gasteiger charge is 2.26. The molecule has 1 heterocycles. The van der Waals surface area contributed by atoms with E-state index < -0.39 is 0 Å². The fourth-order valence-corrected chi connectivity index (χ4v) is 3.74. The smallest absolute Gasteiger partial charge is 0.279 e. The predicted octanol–water partition coefficient (Wildman–Crippen LogP) is -0.519. The highest BCUT2D eigenvalue weighted by Crippen LogP contribution is 2.17. The van der Waals surface area contributed by atoms with Crippen LogP contribution in [-0.4, -0.2) is 51.1 Å². The van der Waals surface area contributed by atoms with Crippen molar-refractivity contribution < 1.29 is 23.8 Å². The molecule has 0 unspecified atom stereocenters. The van der Waals surface area contributed by atoms with E-state index in [0.29, 0.717) is 18.7 Å². The third-order valence-corrected chi connectivity index (χ3v) is 5.80. The Balaban J connectivity index is 1.38. The summed E-state index contributed by atoms with van der Waals surface area (Å²) in [6.45, 7) is 8.40. The van der Waals surface area contributed by atoms with Crippen molar-refractivity contribution in [2.24, 2.45) is 0 Å². The van der Waals surface area contributed by atoms with E-state index in [-0.39, 0.29) is 24.2 Å². The molecule has 0 saturated carbocycles. The molecule has 3 rings (SSSR count). The number of quaternary nitrogens is 2. The third kappa shape index (κ3) is 6.11. The van der Waals surface area contributed by atoms with Gasteiger partial charge in [-0.1, -0.05) is 30.3 Å². The van der Waals surface area contributed by atoms with Gasteiger partial charge in [0.2, 0.25) is 0 Å². The second-order valence-electron chi connectivity index (χ2n) is 8.02. The summed E-state index contributed by atoms with van der Waals surface area (Å²) in [5.41, 5.74) is 3.61. The first-order valence-corrected chi connectivity index (χ1v) is 10.5. The molecule has 1 aliphatic rings. The van der Waals surface area contributed by atoms with E-state index in [0.717, 1.165) is 43.0 Å². The maximum atomic E-state index is 13.6. The number of carbonyl (C=O) groups is 2. The van der Waals surface area contributed by atoms with E-state index in [2.05, 4.69) is 10.6 Å². The molecule has 4 N–H and O–H groups in total. The maximum Gasteiger partial charge on any atom is 0.279 e. The Morgan fingerprint density at radius 1 is 0.900 bits per heavy atom. The highest BCUT2D eigenvalue weighted by atomic mass is 19.1. The van der Waals surface area contributed by atoms with Gasteiger partial charge in [-0.25, -0.2) is 4.39 Å². The summed E-state index contributed by atoms with van der Waals surface area (Å²) in [6, 6.07) is 12.4. The molecule has 6 nitrogen and oxygen atoms in total. The first-order chi connectivity index (χ1) is 14.4. The van der Waals surface area contributed by atoms with Gasteiger partial charge >= 0.3 is 0 Å². The molecule has 2 aromatic carbocycles. The zero-order valence-electron chi connectivity index (χ0n) is 17.7. The van der Waals surface area contributed by atoms with Gasteiger partial charge in [0.05, 0.1) is 0 Å². The SMILES string of the molecule is Cc1cccc(NC(=O)C[NH+]2CC[NH+](CC(=O)NCc3ccccc3F)CC2)c1C. The van der Waals surface area contributed by atoms with Gasteiger partial charge in [-0.2, -0.15) is 0 Å². The molecule has 1 saturated heterocycles. The Kier molecular flexibility index (Phi) is 7.54. The Bertz CT molecular complexity index is 895. The summed E-state index contributed by atoms with van der Waals surface area (Å²) in [6.07, 6.45) is 0. The van der Waals surface area contributed by atoms with Gasteiger partial charge in [0.25, 0.3) is 11.8 Å². The number of nitrogens with one attached hydrogen (secondary N) is 4. The number of aryl methyl sites for hydroxylation is 1. The molecule has 0 aromatic heterocycles. The Hall–Kier alpha value is -2.77. The van der Waals surface area contributed by atoms with Gasteiger partial charge in [-0.05, 0) is 37.1 Å². The molecule has 7 heteroatoms. The van der Waals surface area contributed by atoms with Crippen LogP contribution in [0.5, 0.6) is 0 Å². The summed E-state index contributed by atoms with van der Waals surface area (Å²) >= 11 is 0. The normalized spacial score (nSPS) is 18.6. The van der Waals surface area contributed by atoms with E-state index in [9.17, 15) is 14.0 Å². The molecule has 0 spiro atoms. The van der Waals surface area contributed by atoms with Crippen molar-refractivity contribution >= 4 is 17.5 Å². The summed E-state index contributed by atoms with van der Waals surface area (Å²) in [7, 11) is 0. The van der Waals surface area contributed by atoms with Crippen molar-refractivity contribution in [3.8, 4) is 0 Å². The average Bonchev–Trinajstić information content (AvgIpc) is 2.72. The number of amides is 2. The minimum Gasteiger partial charge on any atom is -0.347 e. The molecular weight excluding hydrogens is 383 g/mol. The van der Waals surface area contributed by atoms with E-state index in [1.54, 1.807) is 18.2 Å². The summed E-state index contributed by atoms with van der Waals surface area (Å²) < 4.78 is 13.6. The standard InChI is InChI=1S/C23H29FN4O2/c1-17-6-5-9-21(18(17)2)26-23(30)16-28-12-10-27(11-13-28)15-22(29)25-14-19-7-3-4-8-20(19)24/h3-9H,10-16H2,1-2H3,(H,25,29)(H,26,30)/p+2. The van der Waals surface area contributed by atoms with Crippen LogP contribution < -0.4 is 20.4 Å².